The molecule has 3 heteroatoms. The van der Waals surface area contributed by atoms with E-state index in [9.17, 15) is 0 Å². The van der Waals surface area contributed by atoms with Crippen LogP contribution in [-0.2, 0) is 9.47 Å². The van der Waals surface area contributed by atoms with Crippen LogP contribution in [0.4, 0.5) is 0 Å². The summed E-state index contributed by atoms with van der Waals surface area (Å²) >= 11 is 0. The monoisotopic (exact) mass is 146 g/mol. The molecule has 1 rings (SSSR count). The second kappa shape index (κ2) is 3.91. The Balaban J connectivity index is 2.25. The topological polar surface area (TPSA) is 38.7 Å². The lowest BCUT2D eigenvalue weighted by atomic mass is 10.1. The van der Waals surface area contributed by atoms with Crippen LogP contribution in [0.5, 0.6) is 0 Å². The fraction of sp³-hybridized carbons (Fsp3) is 1.00. The minimum Gasteiger partial charge on any atom is -0.394 e. The first kappa shape index (κ1) is 7.98. The van der Waals surface area contributed by atoms with E-state index in [0.29, 0.717) is 0 Å². The Morgan fingerprint density at radius 3 is 3.00 bits per heavy atom. The molecular weight excluding hydrogens is 132 g/mol. The van der Waals surface area contributed by atoms with E-state index >= 15 is 0 Å². The van der Waals surface area contributed by atoms with Crippen molar-refractivity contribution in [1.82, 2.24) is 0 Å². The number of ether oxygens (including phenoxy) is 2. The second-order valence-electron chi connectivity index (χ2n) is 2.54. The highest BCUT2D eigenvalue weighted by atomic mass is 16.7. The van der Waals surface area contributed by atoms with Crippen molar-refractivity contribution in [2.24, 2.45) is 0 Å². The van der Waals surface area contributed by atoms with E-state index in [2.05, 4.69) is 0 Å². The molecule has 1 unspecified atom stereocenters. The molecule has 0 aromatic heterocycles. The highest BCUT2D eigenvalue weighted by molar-refractivity contribution is 4.64. The molecule has 1 aliphatic heterocycles. The molecule has 1 saturated heterocycles. The Bertz CT molecular complexity index is 84.9. The van der Waals surface area contributed by atoms with Crippen LogP contribution in [-0.4, -0.2) is 31.2 Å². The molecule has 0 saturated carbocycles. The first-order valence-electron chi connectivity index (χ1n) is 3.66. The zero-order valence-electron chi connectivity index (χ0n) is 6.25. The van der Waals surface area contributed by atoms with Gasteiger partial charge < -0.3 is 14.6 Å². The van der Waals surface area contributed by atoms with Crippen molar-refractivity contribution in [3.8, 4) is 0 Å². The molecule has 0 spiro atoms. The van der Waals surface area contributed by atoms with Gasteiger partial charge in [-0.1, -0.05) is 0 Å². The minimum absolute atomic E-state index is 0.00120. The molecule has 3 nitrogen and oxygen atoms in total. The maximum Gasteiger partial charge on any atom is 0.157 e. The Morgan fingerprint density at radius 1 is 1.60 bits per heavy atom. The van der Waals surface area contributed by atoms with Crippen LogP contribution in [0.25, 0.3) is 0 Å². The standard InChI is InChI=1S/C7H14O3/c1-9-7-4-2-3-6(5-8)10-7/h6-8H,2-5H2,1H3/t6-,7?/m0/s1. The molecule has 2 atom stereocenters. The minimum atomic E-state index is -0.0918. The largest absolute Gasteiger partial charge is 0.394 e. The first-order chi connectivity index (χ1) is 4.86. The van der Waals surface area contributed by atoms with Gasteiger partial charge in [0.1, 0.15) is 0 Å². The van der Waals surface area contributed by atoms with Crippen LogP contribution in [0.2, 0.25) is 0 Å². The van der Waals surface area contributed by atoms with Crippen LogP contribution < -0.4 is 0 Å². The van der Waals surface area contributed by atoms with Crippen LogP contribution in [0.1, 0.15) is 19.3 Å². The third-order valence-corrected chi connectivity index (χ3v) is 1.78. The average Bonchev–Trinajstić information content (AvgIpc) is 2.05. The maximum absolute atomic E-state index is 8.72. The number of aliphatic hydroxyl groups is 1. The third-order valence-electron chi connectivity index (χ3n) is 1.78. The Hall–Kier alpha value is -0.120. The molecule has 0 amide bonds. The van der Waals surface area contributed by atoms with Crippen molar-refractivity contribution in [2.75, 3.05) is 13.7 Å². The van der Waals surface area contributed by atoms with Gasteiger partial charge in [0.05, 0.1) is 12.7 Å². The van der Waals surface area contributed by atoms with Crippen LogP contribution >= 0.6 is 0 Å². The van der Waals surface area contributed by atoms with E-state index in [1.165, 1.54) is 0 Å². The lowest BCUT2D eigenvalue weighted by molar-refractivity contribution is -0.187. The van der Waals surface area contributed by atoms with Gasteiger partial charge in [-0.25, -0.2) is 0 Å². The van der Waals surface area contributed by atoms with E-state index in [-0.39, 0.29) is 19.0 Å². The van der Waals surface area contributed by atoms with Crippen molar-refractivity contribution < 1.29 is 14.6 Å². The summed E-state index contributed by atoms with van der Waals surface area (Å²) in [6.07, 6.45) is 2.90. The molecule has 1 aliphatic rings. The molecule has 1 fully saturated rings. The van der Waals surface area contributed by atoms with Gasteiger partial charge in [-0.05, 0) is 19.3 Å². The zero-order chi connectivity index (χ0) is 7.40. The van der Waals surface area contributed by atoms with Gasteiger partial charge >= 0.3 is 0 Å². The van der Waals surface area contributed by atoms with Gasteiger partial charge in [-0.3, -0.25) is 0 Å². The van der Waals surface area contributed by atoms with Gasteiger partial charge in [0.2, 0.25) is 0 Å². The Morgan fingerprint density at radius 2 is 2.40 bits per heavy atom. The molecule has 0 aromatic rings. The number of aliphatic hydroxyl groups excluding tert-OH is 1. The van der Waals surface area contributed by atoms with Crippen LogP contribution in [0.15, 0.2) is 0 Å². The van der Waals surface area contributed by atoms with E-state index < -0.39 is 0 Å². The van der Waals surface area contributed by atoms with Crippen LogP contribution in [0, 0.1) is 0 Å². The third kappa shape index (κ3) is 1.94. The summed E-state index contributed by atoms with van der Waals surface area (Å²) in [7, 11) is 1.63. The van der Waals surface area contributed by atoms with E-state index in [0.717, 1.165) is 19.3 Å². The fourth-order valence-electron chi connectivity index (χ4n) is 1.17. The number of hydrogen-bond donors (Lipinski definition) is 1. The zero-order valence-corrected chi connectivity index (χ0v) is 6.25. The second-order valence-corrected chi connectivity index (χ2v) is 2.54. The summed E-state index contributed by atoms with van der Waals surface area (Å²) < 4.78 is 10.3. The number of rotatable bonds is 2. The van der Waals surface area contributed by atoms with Gasteiger partial charge in [-0.15, -0.1) is 0 Å². The average molecular weight is 146 g/mol. The normalized spacial score (nSPS) is 34.2. The lowest BCUT2D eigenvalue weighted by Gasteiger charge is -2.27. The summed E-state index contributed by atoms with van der Waals surface area (Å²) in [5, 5.41) is 8.72. The predicted molar refractivity (Wildman–Crippen MR) is 36.6 cm³/mol. The summed E-state index contributed by atoms with van der Waals surface area (Å²) in [5.74, 6) is 0. The van der Waals surface area contributed by atoms with E-state index in [1.54, 1.807) is 7.11 Å². The molecule has 10 heavy (non-hydrogen) atoms. The van der Waals surface area contributed by atoms with Gasteiger partial charge in [0.25, 0.3) is 0 Å². The Labute approximate surface area is 60.9 Å². The molecule has 0 aliphatic carbocycles. The quantitative estimate of drug-likeness (QED) is 0.617. The van der Waals surface area contributed by atoms with Crippen LogP contribution in [0.3, 0.4) is 0 Å². The molecule has 0 bridgehead atoms. The molecule has 0 aromatic carbocycles. The first-order valence-corrected chi connectivity index (χ1v) is 3.66. The van der Waals surface area contributed by atoms with Crippen molar-refractivity contribution in [1.29, 1.82) is 0 Å². The van der Waals surface area contributed by atoms with Gasteiger partial charge in [-0.2, -0.15) is 0 Å². The van der Waals surface area contributed by atoms with Gasteiger partial charge in [0, 0.05) is 7.11 Å². The predicted octanol–water partition coefficient (Wildman–Crippen LogP) is 0.520. The van der Waals surface area contributed by atoms with Gasteiger partial charge in [0.15, 0.2) is 6.29 Å². The van der Waals surface area contributed by atoms with E-state index in [4.69, 9.17) is 14.6 Å². The van der Waals surface area contributed by atoms with Crippen molar-refractivity contribution in [3.63, 3.8) is 0 Å². The highest BCUT2D eigenvalue weighted by Crippen LogP contribution is 2.18. The number of hydrogen-bond acceptors (Lipinski definition) is 3. The summed E-state index contributed by atoms with van der Waals surface area (Å²) in [6.45, 7) is 0.111. The number of methoxy groups -OCH3 is 1. The molecule has 1 N–H and O–H groups in total. The summed E-state index contributed by atoms with van der Waals surface area (Å²) in [5.41, 5.74) is 0. The molecule has 60 valence electrons. The summed E-state index contributed by atoms with van der Waals surface area (Å²) in [6, 6.07) is 0. The molecular formula is C7H14O3. The SMILES string of the molecule is COC1CCC[C@@H](CO)O1. The maximum atomic E-state index is 8.72. The lowest BCUT2D eigenvalue weighted by Crippen LogP contribution is -2.31. The van der Waals surface area contributed by atoms with Crippen molar-refractivity contribution in [3.05, 3.63) is 0 Å². The van der Waals surface area contributed by atoms with E-state index in [1.807, 2.05) is 0 Å². The molecule has 0 radical (unpaired) electrons. The highest BCUT2D eigenvalue weighted by Gasteiger charge is 2.20. The van der Waals surface area contributed by atoms with Crippen molar-refractivity contribution >= 4 is 0 Å². The molecule has 1 heterocycles. The van der Waals surface area contributed by atoms with Crippen molar-refractivity contribution in [2.45, 2.75) is 31.7 Å². The Kier molecular flexibility index (Phi) is 3.12. The fourth-order valence-corrected chi connectivity index (χ4v) is 1.17. The smallest absolute Gasteiger partial charge is 0.157 e. The summed E-state index contributed by atoms with van der Waals surface area (Å²) in [4.78, 5) is 0.